The van der Waals surface area contributed by atoms with Gasteiger partial charge < -0.3 is 4.90 Å². The van der Waals surface area contributed by atoms with E-state index in [1.165, 1.54) is 11.3 Å². The highest BCUT2D eigenvalue weighted by molar-refractivity contribution is 6.29. The molecular weight excluding hydrogens is 234 g/mol. The summed E-state index contributed by atoms with van der Waals surface area (Å²) in [4.78, 5) is 10.7. The van der Waals surface area contributed by atoms with Gasteiger partial charge in [-0.15, -0.1) is 0 Å². The van der Waals surface area contributed by atoms with Crippen molar-refractivity contribution >= 4 is 23.1 Å². The van der Waals surface area contributed by atoms with E-state index in [0.29, 0.717) is 11.0 Å². The number of aromatic nitrogens is 2. The molecule has 0 saturated carbocycles. The van der Waals surface area contributed by atoms with Gasteiger partial charge in [-0.2, -0.15) is 0 Å². The molecule has 0 spiro atoms. The molecule has 17 heavy (non-hydrogen) atoms. The van der Waals surface area contributed by atoms with Crippen molar-refractivity contribution < 1.29 is 0 Å². The maximum absolute atomic E-state index is 5.98. The number of rotatable bonds is 1. The van der Waals surface area contributed by atoms with Gasteiger partial charge in [-0.05, 0) is 25.0 Å². The van der Waals surface area contributed by atoms with Gasteiger partial charge in [-0.25, -0.2) is 9.97 Å². The first-order valence-electron chi connectivity index (χ1n) is 5.61. The van der Waals surface area contributed by atoms with Crippen LogP contribution in [0.4, 0.5) is 11.5 Å². The Morgan fingerprint density at radius 2 is 2.06 bits per heavy atom. The van der Waals surface area contributed by atoms with Crippen molar-refractivity contribution in [2.75, 3.05) is 11.4 Å². The molecule has 0 fully saturated rings. The lowest BCUT2D eigenvalue weighted by atomic mass is 10.2. The summed E-state index contributed by atoms with van der Waals surface area (Å²) in [5.74, 6) is 1.59. The first-order valence-corrected chi connectivity index (χ1v) is 5.98. The zero-order valence-corrected chi connectivity index (χ0v) is 10.3. The molecule has 0 saturated heterocycles. The minimum atomic E-state index is 0.497. The quantitative estimate of drug-likeness (QED) is 0.723. The molecule has 0 bridgehead atoms. The molecule has 0 atom stereocenters. The molecule has 0 N–H and O–H groups in total. The molecule has 3 rings (SSSR count). The molecule has 4 heteroatoms. The van der Waals surface area contributed by atoms with E-state index in [9.17, 15) is 0 Å². The van der Waals surface area contributed by atoms with E-state index in [1.54, 1.807) is 0 Å². The summed E-state index contributed by atoms with van der Waals surface area (Å²) >= 11 is 5.98. The smallest absolute Gasteiger partial charge is 0.138 e. The van der Waals surface area contributed by atoms with E-state index in [2.05, 4.69) is 33.1 Å². The minimum absolute atomic E-state index is 0.497. The van der Waals surface area contributed by atoms with Crippen LogP contribution in [0.5, 0.6) is 0 Å². The van der Waals surface area contributed by atoms with Gasteiger partial charge >= 0.3 is 0 Å². The molecule has 1 aromatic carbocycles. The van der Waals surface area contributed by atoms with E-state index >= 15 is 0 Å². The molecule has 1 aromatic heterocycles. The van der Waals surface area contributed by atoms with Crippen LogP contribution in [0.15, 0.2) is 30.3 Å². The molecule has 1 aliphatic heterocycles. The Labute approximate surface area is 105 Å². The second-order valence-corrected chi connectivity index (χ2v) is 4.51. The van der Waals surface area contributed by atoms with Crippen LogP contribution in [0.25, 0.3) is 0 Å². The van der Waals surface area contributed by atoms with Crippen molar-refractivity contribution in [3.8, 4) is 0 Å². The fraction of sp³-hybridized carbons (Fsp3) is 0.231. The summed E-state index contributed by atoms with van der Waals surface area (Å²) in [6.45, 7) is 2.81. The average Bonchev–Trinajstić information content (AvgIpc) is 2.71. The van der Waals surface area contributed by atoms with Crippen molar-refractivity contribution in [2.45, 2.75) is 13.3 Å². The van der Waals surface area contributed by atoms with E-state index in [4.69, 9.17) is 11.6 Å². The van der Waals surface area contributed by atoms with Gasteiger partial charge in [0.05, 0.1) is 0 Å². The van der Waals surface area contributed by atoms with Crippen molar-refractivity contribution in [1.29, 1.82) is 0 Å². The summed E-state index contributed by atoms with van der Waals surface area (Å²) in [6.07, 6.45) is 1.05. The predicted octanol–water partition coefficient (Wildman–Crippen LogP) is 3.13. The zero-order valence-electron chi connectivity index (χ0n) is 9.52. The van der Waals surface area contributed by atoms with Crippen LogP contribution in [-0.2, 0) is 6.42 Å². The maximum Gasteiger partial charge on any atom is 0.138 e. The van der Waals surface area contributed by atoms with Gasteiger partial charge in [0.15, 0.2) is 0 Å². The highest BCUT2D eigenvalue weighted by Gasteiger charge is 2.21. The lowest BCUT2D eigenvalue weighted by molar-refractivity contribution is 0.945. The summed E-state index contributed by atoms with van der Waals surface area (Å²) in [5.41, 5.74) is 2.58. The van der Waals surface area contributed by atoms with Crippen LogP contribution in [-0.4, -0.2) is 16.5 Å². The average molecular weight is 246 g/mol. The van der Waals surface area contributed by atoms with Crippen molar-refractivity contribution in [1.82, 2.24) is 9.97 Å². The summed E-state index contributed by atoms with van der Waals surface area (Å²) in [6, 6.07) is 10.2. The number of benzene rings is 1. The number of aryl methyl sites for hydroxylation is 1. The Kier molecular flexibility index (Phi) is 2.48. The Morgan fingerprint density at radius 3 is 2.88 bits per heavy atom. The maximum atomic E-state index is 5.98. The molecule has 0 aliphatic carbocycles. The van der Waals surface area contributed by atoms with Gasteiger partial charge in [-0.3, -0.25) is 0 Å². The molecule has 2 heterocycles. The lowest BCUT2D eigenvalue weighted by Crippen LogP contribution is -2.15. The van der Waals surface area contributed by atoms with Crippen molar-refractivity contribution in [2.24, 2.45) is 0 Å². The molecule has 0 unspecified atom stereocenters. The normalized spacial score (nSPS) is 13.9. The summed E-state index contributed by atoms with van der Waals surface area (Å²) in [7, 11) is 0. The van der Waals surface area contributed by atoms with Crippen molar-refractivity contribution in [3.63, 3.8) is 0 Å². The number of nitrogens with zero attached hydrogens (tertiary/aromatic N) is 3. The van der Waals surface area contributed by atoms with Crippen LogP contribution in [0.2, 0.25) is 5.15 Å². The summed E-state index contributed by atoms with van der Waals surface area (Å²) < 4.78 is 0. The second-order valence-electron chi connectivity index (χ2n) is 4.13. The van der Waals surface area contributed by atoms with Crippen LogP contribution in [0.1, 0.15) is 11.4 Å². The predicted molar refractivity (Wildman–Crippen MR) is 68.9 cm³/mol. The standard InChI is InChI=1S/C13H12ClN3/c1-9-15-12(14)8-13(16-9)17-7-6-10-4-2-3-5-11(10)17/h2-5,8H,6-7H2,1H3. The molecular formula is C13H12ClN3. The molecule has 86 valence electrons. The third-order valence-corrected chi connectivity index (χ3v) is 3.15. The Hall–Kier alpha value is -1.61. The van der Waals surface area contributed by atoms with E-state index < -0.39 is 0 Å². The first kappa shape index (κ1) is 10.5. The second kappa shape index (κ2) is 4.00. The molecule has 0 amide bonds. The Bertz CT molecular complexity index is 548. The zero-order chi connectivity index (χ0) is 11.8. The SMILES string of the molecule is Cc1nc(Cl)cc(N2CCc3ccccc32)n1. The number of para-hydroxylation sites is 1. The van der Waals surface area contributed by atoms with Crippen LogP contribution >= 0.6 is 11.6 Å². The van der Waals surface area contributed by atoms with E-state index in [1.807, 2.05) is 19.1 Å². The van der Waals surface area contributed by atoms with Gasteiger partial charge in [0.2, 0.25) is 0 Å². The fourth-order valence-corrected chi connectivity index (χ4v) is 2.45. The number of hydrogen-bond acceptors (Lipinski definition) is 3. The summed E-state index contributed by atoms with van der Waals surface area (Å²) in [5, 5.41) is 0.497. The van der Waals surface area contributed by atoms with Gasteiger partial charge in [0.1, 0.15) is 16.8 Å². The van der Waals surface area contributed by atoms with E-state index in [-0.39, 0.29) is 0 Å². The first-order chi connectivity index (χ1) is 8.24. The molecule has 2 aromatic rings. The van der Waals surface area contributed by atoms with E-state index in [0.717, 1.165) is 18.8 Å². The number of hydrogen-bond donors (Lipinski definition) is 0. The topological polar surface area (TPSA) is 29.0 Å². The Morgan fingerprint density at radius 1 is 1.24 bits per heavy atom. The Balaban J connectivity index is 2.06. The highest BCUT2D eigenvalue weighted by atomic mass is 35.5. The molecule has 3 nitrogen and oxygen atoms in total. The van der Waals surface area contributed by atoms with Gasteiger partial charge in [-0.1, -0.05) is 29.8 Å². The monoisotopic (exact) mass is 245 g/mol. The third kappa shape index (κ3) is 1.87. The largest absolute Gasteiger partial charge is 0.326 e. The van der Waals surface area contributed by atoms with Crippen LogP contribution in [0.3, 0.4) is 0 Å². The van der Waals surface area contributed by atoms with Crippen LogP contribution in [0, 0.1) is 6.92 Å². The number of anilines is 2. The van der Waals surface area contributed by atoms with Crippen molar-refractivity contribution in [3.05, 3.63) is 46.9 Å². The minimum Gasteiger partial charge on any atom is -0.326 e. The highest BCUT2D eigenvalue weighted by Crippen LogP contribution is 2.33. The van der Waals surface area contributed by atoms with Crippen LogP contribution < -0.4 is 4.90 Å². The van der Waals surface area contributed by atoms with Gasteiger partial charge in [0.25, 0.3) is 0 Å². The lowest BCUT2D eigenvalue weighted by Gasteiger charge is -2.18. The fourth-order valence-electron chi connectivity index (χ4n) is 2.23. The third-order valence-electron chi connectivity index (χ3n) is 2.96. The number of fused-ring (bicyclic) bond motifs is 1. The molecule has 0 radical (unpaired) electrons. The van der Waals surface area contributed by atoms with Gasteiger partial charge in [0, 0.05) is 18.3 Å². The molecule has 1 aliphatic rings. The number of halogens is 1.